The molecule has 4 rings (SSSR count). The predicted octanol–water partition coefficient (Wildman–Crippen LogP) is 0.921. The Bertz CT molecular complexity index is 1080. The van der Waals surface area contributed by atoms with Gasteiger partial charge >= 0.3 is 0 Å². The third kappa shape index (κ3) is 4.13. The number of nitrogens with two attached hydrogens (primary N) is 1. The van der Waals surface area contributed by atoms with Gasteiger partial charge in [-0.2, -0.15) is 5.10 Å². The average molecular weight is 466 g/mol. The number of halogens is 2. The molecule has 2 aliphatic rings. The molecule has 0 radical (unpaired) electrons. The number of carbonyl (C=O) groups excluding carboxylic acids is 3. The zero-order valence-electron chi connectivity index (χ0n) is 16.4. The quantitative estimate of drug-likeness (QED) is 0.523. The van der Waals surface area contributed by atoms with Crippen molar-refractivity contribution in [3.8, 4) is 0 Å². The number of nitrogens with one attached hydrogen (secondary N) is 1. The Labute approximate surface area is 187 Å². The van der Waals surface area contributed by atoms with Crippen molar-refractivity contribution < 1.29 is 19.5 Å². The molecule has 0 spiro atoms. The SMILES string of the molecule is NC(=O)c1nn(CC(=O)N2C=CC[C@H]2C(=O)NC(CO)C2CC2(Cl)Cl)c2ccccc12. The van der Waals surface area contributed by atoms with Gasteiger partial charge in [0.1, 0.15) is 16.9 Å². The van der Waals surface area contributed by atoms with Crippen LogP contribution in [0.15, 0.2) is 36.5 Å². The van der Waals surface area contributed by atoms with Gasteiger partial charge < -0.3 is 21.1 Å². The molecular formula is C20H21Cl2N5O4. The van der Waals surface area contributed by atoms with Crippen molar-refractivity contribution in [3.63, 3.8) is 0 Å². The second-order valence-electron chi connectivity index (χ2n) is 7.69. The first-order valence-electron chi connectivity index (χ1n) is 9.75. The Balaban J connectivity index is 1.48. The van der Waals surface area contributed by atoms with E-state index >= 15 is 0 Å². The fourth-order valence-electron chi connectivity index (χ4n) is 3.87. The first-order valence-corrected chi connectivity index (χ1v) is 10.5. The summed E-state index contributed by atoms with van der Waals surface area (Å²) in [7, 11) is 0. The molecule has 1 aromatic heterocycles. The number of hydrogen-bond acceptors (Lipinski definition) is 5. The van der Waals surface area contributed by atoms with E-state index in [0.717, 1.165) is 0 Å². The van der Waals surface area contributed by atoms with Crippen molar-refractivity contribution >= 4 is 51.8 Å². The Hall–Kier alpha value is -2.62. The lowest BCUT2D eigenvalue weighted by Crippen LogP contribution is -2.50. The van der Waals surface area contributed by atoms with Gasteiger partial charge in [-0.3, -0.25) is 19.1 Å². The Kier molecular flexibility index (Phi) is 5.67. The van der Waals surface area contributed by atoms with Gasteiger partial charge in [0.2, 0.25) is 11.8 Å². The first kappa shape index (κ1) is 21.6. The number of nitrogens with zero attached hydrogens (tertiary/aromatic N) is 3. The van der Waals surface area contributed by atoms with E-state index in [1.807, 2.05) is 0 Å². The third-order valence-corrected chi connectivity index (χ3v) is 6.48. The molecule has 31 heavy (non-hydrogen) atoms. The van der Waals surface area contributed by atoms with E-state index in [4.69, 9.17) is 28.9 Å². The number of aromatic nitrogens is 2. The van der Waals surface area contributed by atoms with Crippen molar-refractivity contribution in [1.29, 1.82) is 0 Å². The maximum absolute atomic E-state index is 13.0. The number of alkyl halides is 2. The molecule has 0 bridgehead atoms. The van der Waals surface area contributed by atoms with Crippen molar-refractivity contribution in [2.75, 3.05) is 6.61 Å². The van der Waals surface area contributed by atoms with Crippen molar-refractivity contribution in [1.82, 2.24) is 20.0 Å². The highest BCUT2D eigenvalue weighted by Crippen LogP contribution is 2.54. The smallest absolute Gasteiger partial charge is 0.269 e. The first-order chi connectivity index (χ1) is 14.7. The predicted molar refractivity (Wildman–Crippen MR) is 114 cm³/mol. The van der Waals surface area contributed by atoms with Crippen LogP contribution in [0.5, 0.6) is 0 Å². The monoisotopic (exact) mass is 465 g/mol. The molecule has 1 aliphatic heterocycles. The summed E-state index contributed by atoms with van der Waals surface area (Å²) in [5, 5.41) is 17.1. The van der Waals surface area contributed by atoms with Crippen LogP contribution in [-0.2, 0) is 16.1 Å². The molecule has 1 fully saturated rings. The van der Waals surface area contributed by atoms with Crippen molar-refractivity contribution in [2.24, 2.45) is 11.7 Å². The summed E-state index contributed by atoms with van der Waals surface area (Å²) in [6, 6.07) is 5.60. The highest BCUT2D eigenvalue weighted by atomic mass is 35.5. The maximum Gasteiger partial charge on any atom is 0.269 e. The highest BCUT2D eigenvalue weighted by Gasteiger charge is 2.56. The number of fused-ring (bicyclic) bond motifs is 1. The van der Waals surface area contributed by atoms with E-state index in [1.165, 1.54) is 9.58 Å². The highest BCUT2D eigenvalue weighted by molar-refractivity contribution is 6.51. The number of rotatable bonds is 7. The Morgan fingerprint density at radius 3 is 2.68 bits per heavy atom. The molecule has 3 atom stereocenters. The summed E-state index contributed by atoms with van der Waals surface area (Å²) in [5.41, 5.74) is 6.07. The molecule has 2 heterocycles. The number of aliphatic hydroxyl groups is 1. The third-order valence-electron chi connectivity index (χ3n) is 5.61. The summed E-state index contributed by atoms with van der Waals surface area (Å²) in [6.07, 6.45) is 4.07. The van der Waals surface area contributed by atoms with E-state index in [-0.39, 0.29) is 30.7 Å². The van der Waals surface area contributed by atoms with Crippen LogP contribution in [0.4, 0.5) is 0 Å². The number of primary amides is 1. The molecule has 0 saturated heterocycles. The second kappa shape index (κ2) is 8.14. The number of para-hydroxylation sites is 1. The van der Waals surface area contributed by atoms with Crippen molar-refractivity contribution in [3.05, 3.63) is 42.2 Å². The van der Waals surface area contributed by atoms with Gasteiger partial charge in [-0.25, -0.2) is 0 Å². The van der Waals surface area contributed by atoms with Gasteiger partial charge in [-0.05, 0) is 18.9 Å². The standard InChI is InChI=1S/C20H21Cl2N5O4/c21-20(22)8-12(20)13(10-28)24-19(31)15-6-3-7-26(15)16(29)9-27-14-5-2-1-4-11(14)17(25-27)18(23)30/h1-5,7,12-13,15,28H,6,8-10H2,(H2,23,30)(H,24,31)/t12?,13?,15-/m0/s1. The van der Waals surface area contributed by atoms with Crippen LogP contribution in [0.25, 0.3) is 10.9 Å². The largest absolute Gasteiger partial charge is 0.394 e. The molecule has 3 amide bonds. The molecule has 1 aromatic carbocycles. The molecule has 2 aromatic rings. The molecule has 164 valence electrons. The van der Waals surface area contributed by atoms with E-state index < -0.39 is 28.2 Å². The fraction of sp³-hybridized carbons (Fsp3) is 0.400. The number of carbonyl (C=O) groups is 3. The van der Waals surface area contributed by atoms with Crippen LogP contribution < -0.4 is 11.1 Å². The number of amides is 3. The van der Waals surface area contributed by atoms with Gasteiger partial charge in [0.15, 0.2) is 5.69 Å². The zero-order valence-corrected chi connectivity index (χ0v) is 17.9. The normalized spacial score (nSPS) is 22.5. The fourth-order valence-corrected chi connectivity index (χ4v) is 4.51. The summed E-state index contributed by atoms with van der Waals surface area (Å²) in [4.78, 5) is 38.8. The summed E-state index contributed by atoms with van der Waals surface area (Å²) in [5.74, 6) is -1.72. The van der Waals surface area contributed by atoms with Crippen LogP contribution in [0.2, 0.25) is 0 Å². The van der Waals surface area contributed by atoms with Crippen LogP contribution in [0, 0.1) is 5.92 Å². The average Bonchev–Trinajstić information content (AvgIpc) is 3.11. The Morgan fingerprint density at radius 2 is 2.03 bits per heavy atom. The molecule has 4 N–H and O–H groups in total. The van der Waals surface area contributed by atoms with Crippen molar-refractivity contribution in [2.45, 2.75) is 35.8 Å². The van der Waals surface area contributed by atoms with Gasteiger partial charge in [0.05, 0.1) is 18.2 Å². The Morgan fingerprint density at radius 1 is 1.32 bits per heavy atom. The van der Waals surface area contributed by atoms with Gasteiger partial charge in [-0.15, -0.1) is 23.2 Å². The zero-order chi connectivity index (χ0) is 22.3. The van der Waals surface area contributed by atoms with Crippen LogP contribution >= 0.6 is 23.2 Å². The molecule has 11 heteroatoms. The van der Waals surface area contributed by atoms with Crippen LogP contribution in [0.3, 0.4) is 0 Å². The lowest BCUT2D eigenvalue weighted by Gasteiger charge is -2.26. The minimum Gasteiger partial charge on any atom is -0.394 e. The number of benzene rings is 1. The lowest BCUT2D eigenvalue weighted by molar-refractivity contribution is -0.137. The van der Waals surface area contributed by atoms with Crippen LogP contribution in [0.1, 0.15) is 23.3 Å². The molecule has 2 unspecified atom stereocenters. The number of hydrogen-bond donors (Lipinski definition) is 3. The molecule has 1 saturated carbocycles. The van der Waals surface area contributed by atoms with Gasteiger partial charge in [0.25, 0.3) is 5.91 Å². The van der Waals surface area contributed by atoms with Gasteiger partial charge in [0, 0.05) is 17.5 Å². The molecule has 1 aliphatic carbocycles. The minimum atomic E-state index is -0.955. The summed E-state index contributed by atoms with van der Waals surface area (Å²) < 4.78 is 0.443. The molecule has 9 nitrogen and oxygen atoms in total. The summed E-state index contributed by atoms with van der Waals surface area (Å²) in [6.45, 7) is -0.485. The minimum absolute atomic E-state index is 0.0792. The van der Waals surface area contributed by atoms with E-state index in [0.29, 0.717) is 23.7 Å². The topological polar surface area (TPSA) is 131 Å². The maximum atomic E-state index is 13.0. The van der Waals surface area contributed by atoms with Crippen LogP contribution in [-0.4, -0.2) is 60.5 Å². The van der Waals surface area contributed by atoms with E-state index in [9.17, 15) is 19.5 Å². The van der Waals surface area contributed by atoms with Gasteiger partial charge in [-0.1, -0.05) is 24.3 Å². The van der Waals surface area contributed by atoms with E-state index in [2.05, 4.69) is 10.4 Å². The molecular weight excluding hydrogens is 445 g/mol. The number of aliphatic hydroxyl groups excluding tert-OH is 1. The van der Waals surface area contributed by atoms with E-state index in [1.54, 1.807) is 36.5 Å². The lowest BCUT2D eigenvalue weighted by atomic mass is 10.1. The second-order valence-corrected chi connectivity index (χ2v) is 9.24. The summed E-state index contributed by atoms with van der Waals surface area (Å²) >= 11 is 12.1.